The van der Waals surface area contributed by atoms with Gasteiger partial charge in [0.25, 0.3) is 0 Å². The molecule has 0 radical (unpaired) electrons. The van der Waals surface area contributed by atoms with Crippen molar-refractivity contribution in [2.75, 3.05) is 45.4 Å². The second kappa shape index (κ2) is 9.97. The van der Waals surface area contributed by atoms with Gasteiger partial charge in [-0.25, -0.2) is 4.99 Å². The van der Waals surface area contributed by atoms with Crippen LogP contribution in [0.1, 0.15) is 24.0 Å². The highest BCUT2D eigenvalue weighted by Gasteiger charge is 2.39. The predicted molar refractivity (Wildman–Crippen MR) is 135 cm³/mol. The Hall–Kier alpha value is -2.84. The fourth-order valence-corrected chi connectivity index (χ4v) is 4.83. The smallest absolute Gasteiger partial charge is 0.234 e. The number of aryl methyl sites for hydroxylation is 1. The Bertz CT molecular complexity index is 1070. The number of methoxy groups -OCH3 is 2. The van der Waals surface area contributed by atoms with Gasteiger partial charge in [0.15, 0.2) is 5.66 Å². The molecule has 2 heterocycles. The Morgan fingerprint density at radius 3 is 2.48 bits per heavy atom. The van der Waals surface area contributed by atoms with E-state index in [1.807, 2.05) is 0 Å². The van der Waals surface area contributed by atoms with Gasteiger partial charge in [0, 0.05) is 37.6 Å². The molecule has 1 saturated heterocycles. The predicted octanol–water partition coefficient (Wildman–Crippen LogP) is 4.01. The monoisotopic (exact) mass is 466 g/mol. The van der Waals surface area contributed by atoms with Crippen molar-refractivity contribution < 1.29 is 14.3 Å². The van der Waals surface area contributed by atoms with Crippen molar-refractivity contribution in [3.05, 3.63) is 53.6 Å². The molecule has 1 spiro atoms. The first-order valence-corrected chi connectivity index (χ1v) is 12.0. The van der Waals surface area contributed by atoms with Crippen LogP contribution in [0, 0.1) is 6.92 Å². The van der Waals surface area contributed by atoms with Crippen molar-refractivity contribution in [2.24, 2.45) is 9.98 Å². The molecule has 0 aliphatic carbocycles. The van der Waals surface area contributed by atoms with Crippen LogP contribution in [0.25, 0.3) is 0 Å². The Balaban J connectivity index is 1.51. The van der Waals surface area contributed by atoms with E-state index in [1.54, 1.807) is 32.4 Å². The first kappa shape index (κ1) is 23.3. The number of hydrogen-bond donors (Lipinski definition) is 1. The van der Waals surface area contributed by atoms with E-state index in [4.69, 9.17) is 19.5 Å². The molecule has 0 aromatic heterocycles. The molecule has 2 aliphatic rings. The number of rotatable bonds is 6. The Morgan fingerprint density at radius 1 is 1.09 bits per heavy atom. The highest BCUT2D eigenvalue weighted by molar-refractivity contribution is 8.16. The van der Waals surface area contributed by atoms with Crippen molar-refractivity contribution in [3.63, 3.8) is 0 Å². The van der Waals surface area contributed by atoms with E-state index in [0.717, 1.165) is 42.3 Å². The van der Waals surface area contributed by atoms with Gasteiger partial charge in [-0.15, -0.1) is 0 Å². The van der Waals surface area contributed by atoms with Gasteiger partial charge >= 0.3 is 0 Å². The Kier molecular flexibility index (Phi) is 7.05. The number of benzene rings is 2. The van der Waals surface area contributed by atoms with Crippen molar-refractivity contribution in [3.8, 4) is 11.5 Å². The Labute approximate surface area is 199 Å². The second-order valence-corrected chi connectivity index (χ2v) is 9.40. The summed E-state index contributed by atoms with van der Waals surface area (Å²) in [6.07, 6.45) is 1.77. The van der Waals surface area contributed by atoms with Crippen LogP contribution in [0.5, 0.6) is 11.5 Å². The van der Waals surface area contributed by atoms with E-state index < -0.39 is 5.66 Å². The average Bonchev–Trinajstić information content (AvgIpc) is 3.18. The molecule has 0 unspecified atom stereocenters. The highest BCUT2D eigenvalue weighted by atomic mass is 32.2. The minimum atomic E-state index is -0.415. The second-order valence-electron chi connectivity index (χ2n) is 8.43. The molecule has 1 fully saturated rings. The molecule has 33 heavy (non-hydrogen) atoms. The van der Waals surface area contributed by atoms with E-state index in [1.165, 1.54) is 17.3 Å². The molecular weight excluding hydrogens is 436 g/mol. The molecule has 174 valence electrons. The third-order valence-electron chi connectivity index (χ3n) is 5.97. The van der Waals surface area contributed by atoms with Gasteiger partial charge in [-0.3, -0.25) is 9.79 Å². The third kappa shape index (κ3) is 5.39. The molecule has 0 saturated carbocycles. The lowest BCUT2D eigenvalue weighted by Crippen LogP contribution is -2.39. The molecule has 2 aromatic carbocycles. The molecule has 0 atom stereocenters. The number of carbonyl (C=O) groups excluding carboxylic acids is 1. The number of aliphatic imine (C=N–C) groups is 2. The number of thioether (sulfide) groups is 1. The lowest BCUT2D eigenvalue weighted by atomic mass is 9.99. The lowest BCUT2D eigenvalue weighted by molar-refractivity contribution is -0.113. The van der Waals surface area contributed by atoms with Crippen molar-refractivity contribution in [2.45, 2.75) is 25.4 Å². The van der Waals surface area contributed by atoms with Crippen molar-refractivity contribution in [1.29, 1.82) is 0 Å². The standard InChI is InChI=1S/C25H30N4O3S/c1-17-5-7-18(8-6-17)23-24(28-25(27-23)11-13-29(2)14-12-25)33-16-22(30)26-20-15-19(31-3)9-10-21(20)32-4/h5-10,15H,11-14,16H2,1-4H3,(H,26,30). The molecule has 2 aliphatic heterocycles. The molecule has 7 nitrogen and oxygen atoms in total. The fourth-order valence-electron chi connectivity index (χ4n) is 3.96. The summed E-state index contributed by atoms with van der Waals surface area (Å²) < 4.78 is 10.6. The van der Waals surface area contributed by atoms with Crippen LogP contribution in [0.4, 0.5) is 5.69 Å². The largest absolute Gasteiger partial charge is 0.497 e. The zero-order chi connectivity index (χ0) is 23.4. The van der Waals surface area contributed by atoms with E-state index in [9.17, 15) is 4.79 Å². The minimum absolute atomic E-state index is 0.137. The van der Waals surface area contributed by atoms with Gasteiger partial charge in [0.2, 0.25) is 5.91 Å². The lowest BCUT2D eigenvalue weighted by Gasteiger charge is -2.33. The van der Waals surface area contributed by atoms with E-state index in [0.29, 0.717) is 17.2 Å². The summed E-state index contributed by atoms with van der Waals surface area (Å²) in [6, 6.07) is 13.7. The van der Waals surface area contributed by atoms with Crippen LogP contribution in [0.2, 0.25) is 0 Å². The van der Waals surface area contributed by atoms with Gasteiger partial charge in [0.05, 0.1) is 31.4 Å². The van der Waals surface area contributed by atoms with Crippen LogP contribution >= 0.6 is 11.8 Å². The molecule has 1 amide bonds. The summed E-state index contributed by atoms with van der Waals surface area (Å²) in [6.45, 7) is 3.99. The van der Waals surface area contributed by atoms with Crippen LogP contribution < -0.4 is 14.8 Å². The zero-order valence-corrected chi connectivity index (χ0v) is 20.4. The maximum absolute atomic E-state index is 12.8. The summed E-state index contributed by atoms with van der Waals surface area (Å²) in [5, 5.41) is 3.76. The van der Waals surface area contributed by atoms with Crippen LogP contribution in [0.15, 0.2) is 52.4 Å². The molecule has 1 N–H and O–H groups in total. The summed E-state index contributed by atoms with van der Waals surface area (Å²) >= 11 is 1.43. The SMILES string of the molecule is COc1ccc(OC)c(NC(=O)CSC2=NC3(CCN(C)CC3)N=C2c2ccc(C)cc2)c1. The zero-order valence-electron chi connectivity index (χ0n) is 19.6. The van der Waals surface area contributed by atoms with Gasteiger partial charge in [0.1, 0.15) is 16.5 Å². The quantitative estimate of drug-likeness (QED) is 0.696. The number of hydrogen-bond acceptors (Lipinski definition) is 7. The summed E-state index contributed by atoms with van der Waals surface area (Å²) in [4.78, 5) is 25.3. The highest BCUT2D eigenvalue weighted by Crippen LogP contribution is 2.35. The number of anilines is 1. The van der Waals surface area contributed by atoms with Crippen LogP contribution in [0.3, 0.4) is 0 Å². The summed E-state index contributed by atoms with van der Waals surface area (Å²) in [5.41, 5.74) is 3.29. The molecule has 0 bridgehead atoms. The number of piperidine rings is 1. The number of likely N-dealkylation sites (tertiary alicyclic amines) is 1. The van der Waals surface area contributed by atoms with Crippen molar-refractivity contribution in [1.82, 2.24) is 4.90 Å². The minimum Gasteiger partial charge on any atom is -0.497 e. The molecular formula is C25H30N4O3S. The van der Waals surface area contributed by atoms with Gasteiger partial charge in [-0.2, -0.15) is 0 Å². The van der Waals surface area contributed by atoms with Gasteiger partial charge < -0.3 is 19.7 Å². The van der Waals surface area contributed by atoms with Gasteiger partial charge in [-0.05, 0) is 26.1 Å². The molecule has 8 heteroatoms. The van der Waals surface area contributed by atoms with E-state index in [-0.39, 0.29) is 11.7 Å². The maximum Gasteiger partial charge on any atom is 0.234 e. The maximum atomic E-state index is 12.8. The Morgan fingerprint density at radius 2 is 1.82 bits per heavy atom. The fraction of sp³-hybridized carbons (Fsp3) is 0.400. The van der Waals surface area contributed by atoms with E-state index in [2.05, 4.69) is 48.5 Å². The van der Waals surface area contributed by atoms with Crippen LogP contribution in [-0.2, 0) is 4.79 Å². The first-order chi connectivity index (χ1) is 15.9. The molecule has 4 rings (SSSR count). The first-order valence-electron chi connectivity index (χ1n) is 11.0. The third-order valence-corrected chi connectivity index (χ3v) is 6.93. The number of ether oxygens (including phenoxy) is 2. The topological polar surface area (TPSA) is 75.5 Å². The number of nitrogens with zero attached hydrogens (tertiary/aromatic N) is 3. The summed E-state index contributed by atoms with van der Waals surface area (Å²) in [7, 11) is 5.29. The number of amides is 1. The van der Waals surface area contributed by atoms with Gasteiger partial charge in [-0.1, -0.05) is 41.6 Å². The van der Waals surface area contributed by atoms with E-state index >= 15 is 0 Å². The molecule has 2 aromatic rings. The van der Waals surface area contributed by atoms with Crippen LogP contribution in [-0.4, -0.2) is 67.3 Å². The average molecular weight is 467 g/mol. The van der Waals surface area contributed by atoms with Crippen molar-refractivity contribution >= 4 is 34.1 Å². The summed E-state index contributed by atoms with van der Waals surface area (Å²) in [5.74, 6) is 1.32. The number of nitrogens with one attached hydrogen (secondary N) is 1. The number of carbonyl (C=O) groups is 1. The normalized spacial score (nSPS) is 17.5.